The van der Waals surface area contributed by atoms with Gasteiger partial charge in [0, 0.05) is 37.9 Å². The van der Waals surface area contributed by atoms with Gasteiger partial charge in [0.05, 0.1) is 27.4 Å². The number of aromatic nitrogens is 1. The molecule has 0 saturated carbocycles. The molecule has 0 unspecified atom stereocenters. The summed E-state index contributed by atoms with van der Waals surface area (Å²) in [4.78, 5) is 29.7. The van der Waals surface area contributed by atoms with Crippen molar-refractivity contribution in [1.29, 1.82) is 0 Å². The quantitative estimate of drug-likeness (QED) is 0.308. The van der Waals surface area contributed by atoms with Crippen LogP contribution in [0.5, 0.6) is 0 Å². The number of aryl methyl sites for hydroxylation is 1. The highest BCUT2D eigenvalue weighted by molar-refractivity contribution is 7.92. The van der Waals surface area contributed by atoms with Crippen molar-refractivity contribution in [3.8, 4) is 0 Å². The van der Waals surface area contributed by atoms with E-state index in [2.05, 4.69) is 10.3 Å². The van der Waals surface area contributed by atoms with Crippen LogP contribution in [-0.2, 0) is 32.5 Å². The molecule has 1 aliphatic heterocycles. The average molecular weight is 579 g/mol. The number of sulfonamides is 1. The van der Waals surface area contributed by atoms with Crippen molar-refractivity contribution in [1.82, 2.24) is 4.57 Å². The molecule has 1 aliphatic rings. The van der Waals surface area contributed by atoms with Gasteiger partial charge < -0.3 is 14.6 Å². The first kappa shape index (κ1) is 27.8. The average Bonchev–Trinajstić information content (AvgIpc) is 3.28. The van der Waals surface area contributed by atoms with Gasteiger partial charge in [-0.25, -0.2) is 8.42 Å². The van der Waals surface area contributed by atoms with Gasteiger partial charge in [0.2, 0.25) is 5.91 Å². The molecule has 11 heteroatoms. The number of carbonyl (C=O) groups is 2. The molecule has 0 bridgehead atoms. The third kappa shape index (κ3) is 5.72. The molecule has 208 valence electrons. The molecular formula is C29H30N4O5S2. The van der Waals surface area contributed by atoms with Crippen molar-refractivity contribution < 1.29 is 22.7 Å². The number of nitrogens with zero attached hydrogens (tertiary/aromatic N) is 3. The number of nitrogens with one attached hydrogen (secondary N) is 1. The van der Waals surface area contributed by atoms with Gasteiger partial charge in [-0.05, 0) is 73.9 Å². The number of anilines is 2. The Kier molecular flexibility index (Phi) is 8.15. The second-order valence-corrected chi connectivity index (χ2v) is 12.2. The Bertz CT molecular complexity index is 1740. The van der Waals surface area contributed by atoms with Crippen molar-refractivity contribution in [2.75, 3.05) is 29.4 Å². The molecule has 0 saturated heterocycles. The lowest BCUT2D eigenvalue weighted by Crippen LogP contribution is -2.35. The van der Waals surface area contributed by atoms with Crippen molar-refractivity contribution in [2.24, 2.45) is 4.99 Å². The number of thiazole rings is 1. The molecule has 1 aromatic heterocycles. The molecule has 40 heavy (non-hydrogen) atoms. The second kappa shape index (κ2) is 11.7. The summed E-state index contributed by atoms with van der Waals surface area (Å²) in [6, 6.07) is 19.0. The predicted molar refractivity (Wildman–Crippen MR) is 156 cm³/mol. The van der Waals surface area contributed by atoms with Crippen LogP contribution < -0.4 is 14.4 Å². The van der Waals surface area contributed by atoms with Gasteiger partial charge in [0.25, 0.3) is 15.9 Å². The van der Waals surface area contributed by atoms with Crippen LogP contribution in [0.2, 0.25) is 0 Å². The molecule has 2 heterocycles. The van der Waals surface area contributed by atoms with E-state index in [9.17, 15) is 18.0 Å². The fourth-order valence-corrected chi connectivity index (χ4v) is 7.39. The molecule has 0 fully saturated rings. The lowest BCUT2D eigenvalue weighted by molar-refractivity contribution is -0.114. The Labute approximate surface area is 236 Å². The molecule has 9 nitrogen and oxygen atoms in total. The van der Waals surface area contributed by atoms with Crippen LogP contribution >= 0.6 is 11.3 Å². The predicted octanol–water partition coefficient (Wildman–Crippen LogP) is 4.58. The standard InChI is InChI=1S/C29H30N4O5S2/c1-3-38-18-17-32-26-15-12-23(30-20(2)34)19-27(26)39-29(32)31-28(35)22-10-13-24(14-11-22)40(36,37)33-16-6-8-21-7-4-5-9-25(21)33/h4-5,7,9-15,19H,3,6,8,16-18H2,1-2H3,(H,30,34). The Morgan fingerprint density at radius 2 is 1.85 bits per heavy atom. The Morgan fingerprint density at radius 3 is 2.60 bits per heavy atom. The number of hydrogen-bond acceptors (Lipinski definition) is 6. The lowest BCUT2D eigenvalue weighted by atomic mass is 10.0. The summed E-state index contributed by atoms with van der Waals surface area (Å²) in [6.07, 6.45) is 1.59. The van der Waals surface area contributed by atoms with Crippen LogP contribution in [-0.4, -0.2) is 44.6 Å². The smallest absolute Gasteiger partial charge is 0.279 e. The van der Waals surface area contributed by atoms with E-state index in [1.54, 1.807) is 6.07 Å². The van der Waals surface area contributed by atoms with E-state index >= 15 is 0 Å². The largest absolute Gasteiger partial charge is 0.380 e. The maximum absolute atomic E-state index is 13.5. The lowest BCUT2D eigenvalue weighted by Gasteiger charge is -2.30. The van der Waals surface area contributed by atoms with Gasteiger partial charge in [-0.2, -0.15) is 4.99 Å². The zero-order chi connectivity index (χ0) is 28.3. The first-order valence-electron chi connectivity index (χ1n) is 13.1. The highest BCUT2D eigenvalue weighted by Gasteiger charge is 2.29. The van der Waals surface area contributed by atoms with Gasteiger partial charge in [-0.1, -0.05) is 29.5 Å². The number of fused-ring (bicyclic) bond motifs is 2. The maximum atomic E-state index is 13.5. The molecule has 0 aliphatic carbocycles. The molecule has 0 radical (unpaired) electrons. The summed E-state index contributed by atoms with van der Waals surface area (Å²) in [6.45, 7) is 5.28. The molecule has 3 aromatic carbocycles. The molecule has 4 aromatic rings. The first-order chi connectivity index (χ1) is 19.3. The van der Waals surface area contributed by atoms with E-state index in [-0.39, 0.29) is 16.4 Å². The molecule has 2 amide bonds. The number of rotatable bonds is 8. The SMILES string of the molecule is CCOCCn1c(=NC(=O)c2ccc(S(=O)(=O)N3CCCc4ccccc43)cc2)sc2cc(NC(C)=O)ccc21. The molecule has 0 atom stereocenters. The highest BCUT2D eigenvalue weighted by Crippen LogP contribution is 2.32. The first-order valence-corrected chi connectivity index (χ1v) is 15.3. The van der Waals surface area contributed by atoms with Gasteiger partial charge in [0.1, 0.15) is 0 Å². The topological polar surface area (TPSA) is 110 Å². The third-order valence-electron chi connectivity index (χ3n) is 6.62. The zero-order valence-electron chi connectivity index (χ0n) is 22.3. The summed E-state index contributed by atoms with van der Waals surface area (Å²) in [5.74, 6) is -0.652. The normalized spacial score (nSPS) is 13.8. The Hall–Kier alpha value is -3.80. The van der Waals surface area contributed by atoms with E-state index in [4.69, 9.17) is 4.74 Å². The molecule has 5 rings (SSSR count). The van der Waals surface area contributed by atoms with Crippen LogP contribution in [0.3, 0.4) is 0 Å². The van der Waals surface area contributed by atoms with Gasteiger partial charge in [0.15, 0.2) is 4.80 Å². The summed E-state index contributed by atoms with van der Waals surface area (Å²) in [5, 5.41) is 2.77. The van der Waals surface area contributed by atoms with Crippen molar-refractivity contribution in [3.05, 3.63) is 82.7 Å². The Balaban J connectivity index is 1.45. The number of ether oxygens (including phenoxy) is 1. The number of carbonyl (C=O) groups excluding carboxylic acids is 2. The second-order valence-electron chi connectivity index (χ2n) is 9.35. The third-order valence-corrected chi connectivity index (χ3v) is 9.49. The van der Waals surface area contributed by atoms with E-state index in [0.29, 0.717) is 42.5 Å². The van der Waals surface area contributed by atoms with E-state index < -0.39 is 15.9 Å². The van der Waals surface area contributed by atoms with Crippen molar-refractivity contribution >= 4 is 54.8 Å². The van der Waals surface area contributed by atoms with Gasteiger partial charge >= 0.3 is 0 Å². The minimum absolute atomic E-state index is 0.125. The number of para-hydroxylation sites is 1. The summed E-state index contributed by atoms with van der Waals surface area (Å²) in [5.41, 5.74) is 3.52. The monoisotopic (exact) mass is 578 g/mol. The van der Waals surface area contributed by atoms with Crippen LogP contribution in [0.25, 0.3) is 10.2 Å². The van der Waals surface area contributed by atoms with Crippen LogP contribution in [0, 0.1) is 0 Å². The summed E-state index contributed by atoms with van der Waals surface area (Å²) >= 11 is 1.33. The van der Waals surface area contributed by atoms with E-state index in [0.717, 1.165) is 28.6 Å². The number of benzene rings is 3. The minimum Gasteiger partial charge on any atom is -0.380 e. The fourth-order valence-electron chi connectivity index (χ4n) is 4.75. The molecule has 0 spiro atoms. The van der Waals surface area contributed by atoms with Gasteiger partial charge in [-0.3, -0.25) is 13.9 Å². The zero-order valence-corrected chi connectivity index (χ0v) is 23.9. The fraction of sp³-hybridized carbons (Fsp3) is 0.276. The van der Waals surface area contributed by atoms with Crippen molar-refractivity contribution in [3.63, 3.8) is 0 Å². The van der Waals surface area contributed by atoms with E-state index in [1.807, 2.05) is 47.9 Å². The van der Waals surface area contributed by atoms with Gasteiger partial charge in [-0.15, -0.1) is 0 Å². The van der Waals surface area contributed by atoms with Crippen molar-refractivity contribution in [2.45, 2.75) is 38.1 Å². The molecular weight excluding hydrogens is 548 g/mol. The summed E-state index contributed by atoms with van der Waals surface area (Å²) in [7, 11) is -3.78. The highest BCUT2D eigenvalue weighted by atomic mass is 32.2. The number of hydrogen-bond donors (Lipinski definition) is 1. The summed E-state index contributed by atoms with van der Waals surface area (Å²) < 4.78 is 36.7. The van der Waals surface area contributed by atoms with Crippen LogP contribution in [0.4, 0.5) is 11.4 Å². The minimum atomic E-state index is -3.78. The van der Waals surface area contributed by atoms with Crippen LogP contribution in [0.15, 0.2) is 76.6 Å². The van der Waals surface area contributed by atoms with Crippen LogP contribution in [0.1, 0.15) is 36.2 Å². The van der Waals surface area contributed by atoms with E-state index in [1.165, 1.54) is 46.8 Å². The number of amides is 2. The maximum Gasteiger partial charge on any atom is 0.279 e. The molecule has 1 N–H and O–H groups in total. The Morgan fingerprint density at radius 1 is 1.07 bits per heavy atom.